The molecule has 61 valence electrons. The van der Waals surface area contributed by atoms with E-state index in [0.717, 1.165) is 25.3 Å². The molecule has 0 N–H and O–H groups in total. The van der Waals surface area contributed by atoms with Crippen molar-refractivity contribution in [1.82, 2.24) is 0 Å². The van der Waals surface area contributed by atoms with Crippen LogP contribution < -0.4 is 0 Å². The number of rotatable bonds is 5. The van der Waals surface area contributed by atoms with Crippen LogP contribution in [0.2, 0.25) is 11.6 Å². The molecular formula is C8H18FSi. The Kier molecular flexibility index (Phi) is 5.98. The Bertz CT molecular complexity index is 75.7. The molecule has 0 saturated carbocycles. The van der Waals surface area contributed by atoms with E-state index in [1.165, 1.54) is 0 Å². The maximum atomic E-state index is 13.1. The summed E-state index contributed by atoms with van der Waals surface area (Å²) in [4.78, 5) is 0. The highest BCUT2D eigenvalue weighted by molar-refractivity contribution is 6.52. The Morgan fingerprint density at radius 2 is 2.00 bits per heavy atom. The van der Waals surface area contributed by atoms with Crippen LogP contribution in [0.15, 0.2) is 0 Å². The standard InChI is InChI=1S/C8H18FSi/c1-4-6-7-10(9)8(3)5-2/h8H,4-7H2,1-3H3. The molecule has 0 aromatic rings. The molecule has 10 heavy (non-hydrogen) atoms. The third-order valence-corrected chi connectivity index (χ3v) is 4.23. The van der Waals surface area contributed by atoms with Gasteiger partial charge in [0.1, 0.15) is 0 Å². The first kappa shape index (κ1) is 10.1. The smallest absolute Gasteiger partial charge is 0.273 e. The van der Waals surface area contributed by atoms with Gasteiger partial charge in [0.15, 0.2) is 0 Å². The van der Waals surface area contributed by atoms with Crippen molar-refractivity contribution in [3.8, 4) is 0 Å². The molecule has 0 bridgehead atoms. The summed E-state index contributed by atoms with van der Waals surface area (Å²) in [6.45, 7) is 6.22. The SMILES string of the molecule is CCCC[Si](F)C(C)CC. The van der Waals surface area contributed by atoms with Gasteiger partial charge in [-0.1, -0.05) is 40.0 Å². The van der Waals surface area contributed by atoms with Crippen molar-refractivity contribution >= 4 is 9.13 Å². The van der Waals surface area contributed by atoms with Gasteiger partial charge >= 0.3 is 0 Å². The monoisotopic (exact) mass is 161 g/mol. The molecule has 0 aromatic heterocycles. The summed E-state index contributed by atoms with van der Waals surface area (Å²) >= 11 is 0. The van der Waals surface area contributed by atoms with Gasteiger partial charge in [-0.3, -0.25) is 0 Å². The highest BCUT2D eigenvalue weighted by Gasteiger charge is 2.17. The van der Waals surface area contributed by atoms with Gasteiger partial charge < -0.3 is 4.11 Å². The molecule has 0 aromatic carbocycles. The second kappa shape index (κ2) is 5.90. The molecule has 2 heteroatoms. The molecule has 0 aliphatic heterocycles. The fraction of sp³-hybridized carbons (Fsp3) is 1.00. The van der Waals surface area contributed by atoms with Crippen molar-refractivity contribution in [2.24, 2.45) is 0 Å². The topological polar surface area (TPSA) is 0 Å². The van der Waals surface area contributed by atoms with E-state index in [1.54, 1.807) is 0 Å². The zero-order chi connectivity index (χ0) is 7.98. The van der Waals surface area contributed by atoms with Crippen LogP contribution in [0.4, 0.5) is 4.11 Å². The molecule has 1 radical (unpaired) electrons. The normalized spacial score (nSPS) is 14.1. The number of hydrogen-bond acceptors (Lipinski definition) is 0. The third-order valence-electron chi connectivity index (χ3n) is 1.92. The lowest BCUT2D eigenvalue weighted by molar-refractivity contribution is 0.703. The minimum absolute atomic E-state index is 0.358. The van der Waals surface area contributed by atoms with E-state index in [1.807, 2.05) is 6.92 Å². The lowest BCUT2D eigenvalue weighted by Crippen LogP contribution is -2.11. The van der Waals surface area contributed by atoms with Gasteiger partial charge in [0.05, 0.1) is 0 Å². The maximum Gasteiger partial charge on any atom is 0.273 e. The summed E-state index contributed by atoms with van der Waals surface area (Å²) in [6.07, 6.45) is 3.22. The zero-order valence-electron chi connectivity index (χ0n) is 7.28. The molecule has 0 saturated heterocycles. The van der Waals surface area contributed by atoms with Crippen LogP contribution in [0.25, 0.3) is 0 Å². The lowest BCUT2D eigenvalue weighted by Gasteiger charge is -2.09. The molecule has 0 nitrogen and oxygen atoms in total. The van der Waals surface area contributed by atoms with E-state index in [4.69, 9.17) is 0 Å². The molecule has 0 spiro atoms. The first-order valence-corrected chi connectivity index (χ1v) is 5.89. The van der Waals surface area contributed by atoms with Gasteiger partial charge in [0.25, 0.3) is 9.13 Å². The molecule has 0 aliphatic carbocycles. The van der Waals surface area contributed by atoms with Crippen molar-refractivity contribution in [1.29, 1.82) is 0 Å². The van der Waals surface area contributed by atoms with Gasteiger partial charge in [-0.2, -0.15) is 0 Å². The van der Waals surface area contributed by atoms with Gasteiger partial charge in [-0.15, -0.1) is 0 Å². The summed E-state index contributed by atoms with van der Waals surface area (Å²) in [5.41, 5.74) is 0.358. The van der Waals surface area contributed by atoms with E-state index < -0.39 is 9.13 Å². The van der Waals surface area contributed by atoms with E-state index in [2.05, 4.69) is 13.8 Å². The third kappa shape index (κ3) is 4.04. The number of halogens is 1. The zero-order valence-corrected chi connectivity index (χ0v) is 8.28. The van der Waals surface area contributed by atoms with Crippen molar-refractivity contribution in [3.63, 3.8) is 0 Å². The quantitative estimate of drug-likeness (QED) is 0.427. The summed E-state index contributed by atoms with van der Waals surface area (Å²) in [7, 11) is -1.48. The van der Waals surface area contributed by atoms with Crippen LogP contribution in [0.3, 0.4) is 0 Å². The molecule has 0 rings (SSSR count). The molecule has 0 fully saturated rings. The number of unbranched alkanes of at least 4 members (excludes halogenated alkanes) is 1. The molecule has 0 amide bonds. The van der Waals surface area contributed by atoms with Crippen LogP contribution in [-0.2, 0) is 0 Å². The van der Waals surface area contributed by atoms with Crippen molar-refractivity contribution in [3.05, 3.63) is 0 Å². The summed E-state index contributed by atoms with van der Waals surface area (Å²) < 4.78 is 13.1. The van der Waals surface area contributed by atoms with Gasteiger partial charge in [0.2, 0.25) is 0 Å². The van der Waals surface area contributed by atoms with Crippen LogP contribution >= 0.6 is 0 Å². The Labute approximate surface area is 65.6 Å². The summed E-state index contributed by atoms with van der Waals surface area (Å²) in [6, 6.07) is 0.857. The average molecular weight is 161 g/mol. The van der Waals surface area contributed by atoms with Gasteiger partial charge in [0, 0.05) is 0 Å². The minimum atomic E-state index is -1.48. The second-order valence-electron chi connectivity index (χ2n) is 2.86. The van der Waals surface area contributed by atoms with Crippen LogP contribution in [0.5, 0.6) is 0 Å². The lowest BCUT2D eigenvalue weighted by atomic mass is 10.4. The van der Waals surface area contributed by atoms with Crippen LogP contribution in [0.1, 0.15) is 40.0 Å². The number of hydrogen-bond donors (Lipinski definition) is 0. The first-order valence-electron chi connectivity index (χ1n) is 4.23. The van der Waals surface area contributed by atoms with E-state index in [0.29, 0.717) is 5.54 Å². The second-order valence-corrected chi connectivity index (χ2v) is 5.24. The maximum absolute atomic E-state index is 13.1. The highest BCUT2D eigenvalue weighted by Crippen LogP contribution is 2.19. The highest BCUT2D eigenvalue weighted by atomic mass is 28.3. The Morgan fingerprint density at radius 3 is 2.40 bits per heavy atom. The van der Waals surface area contributed by atoms with Crippen molar-refractivity contribution < 1.29 is 4.11 Å². The van der Waals surface area contributed by atoms with Gasteiger partial charge in [-0.25, -0.2) is 0 Å². The van der Waals surface area contributed by atoms with Crippen molar-refractivity contribution in [2.75, 3.05) is 0 Å². The van der Waals surface area contributed by atoms with E-state index in [9.17, 15) is 4.11 Å². The Hall–Kier alpha value is 0.147. The van der Waals surface area contributed by atoms with Crippen LogP contribution in [0, 0.1) is 0 Å². The van der Waals surface area contributed by atoms with Crippen LogP contribution in [-0.4, -0.2) is 9.13 Å². The largest absolute Gasteiger partial charge is 0.314 e. The fourth-order valence-corrected chi connectivity index (χ4v) is 2.44. The minimum Gasteiger partial charge on any atom is -0.314 e. The van der Waals surface area contributed by atoms with Gasteiger partial charge in [-0.05, 0) is 11.6 Å². The molecular weight excluding hydrogens is 143 g/mol. The molecule has 0 aliphatic rings. The van der Waals surface area contributed by atoms with E-state index >= 15 is 0 Å². The predicted octanol–water partition coefficient (Wildman–Crippen LogP) is 3.55. The molecule has 1 atom stereocenters. The fourth-order valence-electron chi connectivity index (χ4n) is 0.814. The first-order chi connectivity index (χ1) is 4.72. The molecule has 0 heterocycles. The predicted molar refractivity (Wildman–Crippen MR) is 46.3 cm³/mol. The molecule has 1 unspecified atom stereocenters. The Morgan fingerprint density at radius 1 is 1.40 bits per heavy atom. The van der Waals surface area contributed by atoms with E-state index in [-0.39, 0.29) is 0 Å². The van der Waals surface area contributed by atoms with Crippen molar-refractivity contribution in [2.45, 2.75) is 51.6 Å². The average Bonchev–Trinajstić information content (AvgIpc) is 1.98. The summed E-state index contributed by atoms with van der Waals surface area (Å²) in [5.74, 6) is 0. The summed E-state index contributed by atoms with van der Waals surface area (Å²) in [5, 5.41) is 0. The Balaban J connectivity index is 3.31.